The lowest BCUT2D eigenvalue weighted by Gasteiger charge is -2.32. The van der Waals surface area contributed by atoms with Gasteiger partial charge < -0.3 is 4.90 Å². The molecule has 21 heavy (non-hydrogen) atoms. The van der Waals surface area contributed by atoms with Crippen molar-refractivity contribution in [1.82, 2.24) is 25.1 Å². The van der Waals surface area contributed by atoms with Gasteiger partial charge >= 0.3 is 0 Å². The summed E-state index contributed by atoms with van der Waals surface area (Å²) in [6, 6.07) is 9.75. The van der Waals surface area contributed by atoms with Crippen LogP contribution in [0.15, 0.2) is 42.7 Å². The molecule has 0 bridgehead atoms. The summed E-state index contributed by atoms with van der Waals surface area (Å²) in [4.78, 5) is 14.5. The summed E-state index contributed by atoms with van der Waals surface area (Å²) >= 11 is 0. The van der Waals surface area contributed by atoms with E-state index in [2.05, 4.69) is 22.5 Å². The molecule has 2 aromatic rings. The molecule has 1 aromatic carbocycles. The topological polar surface area (TPSA) is 53.4 Å². The van der Waals surface area contributed by atoms with E-state index in [0.29, 0.717) is 5.56 Å². The molecule has 1 amide bonds. The molecule has 1 saturated heterocycles. The summed E-state index contributed by atoms with van der Waals surface area (Å²) in [7, 11) is 2.09. The molecule has 6 heteroatoms. The monoisotopic (exact) mass is 285 g/mol. The van der Waals surface area contributed by atoms with E-state index in [1.807, 2.05) is 35.3 Å². The van der Waals surface area contributed by atoms with Crippen LogP contribution in [0.4, 0.5) is 0 Å². The van der Waals surface area contributed by atoms with Crippen molar-refractivity contribution in [2.45, 2.75) is 0 Å². The fourth-order valence-electron chi connectivity index (χ4n) is 2.29. The molecule has 0 saturated carbocycles. The molecular formula is C15H19N5O. The maximum atomic E-state index is 12.2. The zero-order chi connectivity index (χ0) is 14.7. The van der Waals surface area contributed by atoms with E-state index in [1.54, 1.807) is 17.1 Å². The number of nitrogens with zero attached hydrogens (tertiary/aromatic N) is 4. The molecule has 0 atom stereocenters. The quantitative estimate of drug-likeness (QED) is 0.905. The number of likely N-dealkylation sites (N-methyl/N-ethyl adjacent to an activating group) is 1. The highest BCUT2D eigenvalue weighted by Gasteiger charge is 2.17. The number of aromatic nitrogens is 2. The summed E-state index contributed by atoms with van der Waals surface area (Å²) < 4.78 is 1.71. The molecule has 1 aliphatic heterocycles. The third-order valence-corrected chi connectivity index (χ3v) is 3.63. The molecular weight excluding hydrogens is 266 g/mol. The second kappa shape index (κ2) is 6.07. The smallest absolute Gasteiger partial charge is 0.268 e. The molecule has 110 valence electrons. The van der Waals surface area contributed by atoms with Gasteiger partial charge in [-0.2, -0.15) is 5.10 Å². The van der Waals surface area contributed by atoms with Gasteiger partial charge in [-0.1, -0.05) is 18.2 Å². The Labute approximate surface area is 123 Å². The third kappa shape index (κ3) is 3.29. The van der Waals surface area contributed by atoms with Crippen molar-refractivity contribution in [3.8, 4) is 5.69 Å². The van der Waals surface area contributed by atoms with Crippen LogP contribution in [0, 0.1) is 0 Å². The van der Waals surface area contributed by atoms with Crippen molar-refractivity contribution in [2.75, 3.05) is 33.2 Å². The first-order valence-electron chi connectivity index (χ1n) is 7.07. The second-order valence-corrected chi connectivity index (χ2v) is 5.24. The normalized spacial score (nSPS) is 16.8. The van der Waals surface area contributed by atoms with E-state index in [1.165, 1.54) is 0 Å². The molecule has 0 aliphatic carbocycles. The number of amides is 1. The van der Waals surface area contributed by atoms with Crippen molar-refractivity contribution in [1.29, 1.82) is 0 Å². The lowest BCUT2D eigenvalue weighted by Crippen LogP contribution is -2.52. The summed E-state index contributed by atoms with van der Waals surface area (Å²) in [5.41, 5.74) is 4.44. The van der Waals surface area contributed by atoms with Gasteiger partial charge in [0.25, 0.3) is 5.91 Å². The summed E-state index contributed by atoms with van der Waals surface area (Å²) in [5.74, 6) is -0.110. The number of hydrazine groups is 1. The molecule has 0 spiro atoms. The number of carbonyl (C=O) groups excluding carboxylic acids is 1. The Balaban J connectivity index is 1.64. The van der Waals surface area contributed by atoms with Gasteiger partial charge in [0.05, 0.1) is 17.4 Å². The van der Waals surface area contributed by atoms with E-state index in [0.717, 1.165) is 31.9 Å². The summed E-state index contributed by atoms with van der Waals surface area (Å²) in [5, 5.41) is 6.20. The standard InChI is InChI=1S/C15H19N5O/c1-18-7-9-19(10-8-18)17-15(21)13-11-16-20(12-13)14-5-3-2-4-6-14/h2-6,11-12H,7-10H2,1H3,(H,17,21). The second-order valence-electron chi connectivity index (χ2n) is 5.24. The highest BCUT2D eigenvalue weighted by molar-refractivity contribution is 5.93. The summed E-state index contributed by atoms with van der Waals surface area (Å²) in [6.45, 7) is 3.61. The maximum absolute atomic E-state index is 12.2. The molecule has 1 aliphatic rings. The van der Waals surface area contributed by atoms with Gasteiger partial charge in [0, 0.05) is 32.4 Å². The lowest BCUT2D eigenvalue weighted by molar-refractivity contribution is 0.0662. The average Bonchev–Trinajstić information content (AvgIpc) is 3.00. The van der Waals surface area contributed by atoms with Crippen molar-refractivity contribution >= 4 is 5.91 Å². The number of hydrogen-bond acceptors (Lipinski definition) is 4. The molecule has 0 radical (unpaired) electrons. The number of nitrogens with one attached hydrogen (secondary N) is 1. The van der Waals surface area contributed by atoms with Crippen molar-refractivity contribution < 1.29 is 4.79 Å². The molecule has 2 heterocycles. The largest absolute Gasteiger partial charge is 0.304 e. The minimum absolute atomic E-state index is 0.110. The first-order valence-corrected chi connectivity index (χ1v) is 7.07. The van der Waals surface area contributed by atoms with Crippen molar-refractivity contribution in [2.24, 2.45) is 0 Å². The van der Waals surface area contributed by atoms with Crippen LogP contribution in [0.1, 0.15) is 10.4 Å². The zero-order valence-electron chi connectivity index (χ0n) is 12.1. The average molecular weight is 285 g/mol. The van der Waals surface area contributed by atoms with Gasteiger partial charge in [0.2, 0.25) is 0 Å². The van der Waals surface area contributed by atoms with Gasteiger partial charge in [-0.15, -0.1) is 0 Å². The van der Waals surface area contributed by atoms with Crippen LogP contribution in [-0.4, -0.2) is 58.8 Å². The fraction of sp³-hybridized carbons (Fsp3) is 0.333. The first kappa shape index (κ1) is 13.8. The minimum atomic E-state index is -0.110. The van der Waals surface area contributed by atoms with E-state index < -0.39 is 0 Å². The van der Waals surface area contributed by atoms with E-state index in [4.69, 9.17) is 0 Å². The molecule has 0 unspecified atom stereocenters. The lowest BCUT2D eigenvalue weighted by atomic mass is 10.3. The zero-order valence-corrected chi connectivity index (χ0v) is 12.1. The van der Waals surface area contributed by atoms with Crippen LogP contribution >= 0.6 is 0 Å². The Bertz CT molecular complexity index is 602. The number of carbonyl (C=O) groups is 1. The maximum Gasteiger partial charge on any atom is 0.268 e. The Hall–Kier alpha value is -2.18. The molecule has 1 aromatic heterocycles. The molecule has 1 fully saturated rings. The van der Waals surface area contributed by atoms with E-state index in [9.17, 15) is 4.79 Å². The predicted octanol–water partition coefficient (Wildman–Crippen LogP) is 0.764. The van der Waals surface area contributed by atoms with Gasteiger partial charge in [-0.25, -0.2) is 9.69 Å². The van der Waals surface area contributed by atoms with E-state index >= 15 is 0 Å². The van der Waals surface area contributed by atoms with Gasteiger partial charge in [-0.3, -0.25) is 10.2 Å². The van der Waals surface area contributed by atoms with Crippen LogP contribution in [-0.2, 0) is 0 Å². The van der Waals surface area contributed by atoms with Crippen LogP contribution in [0.5, 0.6) is 0 Å². The van der Waals surface area contributed by atoms with Crippen LogP contribution < -0.4 is 5.43 Å². The highest BCUT2D eigenvalue weighted by Crippen LogP contribution is 2.08. The highest BCUT2D eigenvalue weighted by atomic mass is 16.2. The number of piperazine rings is 1. The Morgan fingerprint density at radius 3 is 2.57 bits per heavy atom. The molecule has 6 nitrogen and oxygen atoms in total. The number of benzene rings is 1. The number of para-hydroxylation sites is 1. The predicted molar refractivity (Wildman–Crippen MR) is 80.1 cm³/mol. The summed E-state index contributed by atoms with van der Waals surface area (Å²) in [6.07, 6.45) is 3.35. The van der Waals surface area contributed by atoms with Gasteiger partial charge in [0.1, 0.15) is 0 Å². The van der Waals surface area contributed by atoms with Crippen molar-refractivity contribution in [3.63, 3.8) is 0 Å². The van der Waals surface area contributed by atoms with Crippen molar-refractivity contribution in [3.05, 3.63) is 48.3 Å². The number of rotatable bonds is 3. The fourth-order valence-corrected chi connectivity index (χ4v) is 2.29. The minimum Gasteiger partial charge on any atom is -0.304 e. The first-order chi connectivity index (χ1) is 10.2. The van der Waals surface area contributed by atoms with Gasteiger partial charge in [-0.05, 0) is 19.2 Å². The third-order valence-electron chi connectivity index (χ3n) is 3.63. The van der Waals surface area contributed by atoms with Crippen LogP contribution in [0.3, 0.4) is 0 Å². The van der Waals surface area contributed by atoms with Crippen LogP contribution in [0.2, 0.25) is 0 Å². The SMILES string of the molecule is CN1CCN(NC(=O)c2cnn(-c3ccccc3)c2)CC1. The molecule has 1 N–H and O–H groups in total. The molecule has 3 rings (SSSR count). The Kier molecular flexibility index (Phi) is 3.98. The number of hydrogen-bond donors (Lipinski definition) is 1. The van der Waals surface area contributed by atoms with E-state index in [-0.39, 0.29) is 5.91 Å². The Morgan fingerprint density at radius 2 is 1.86 bits per heavy atom. The van der Waals surface area contributed by atoms with Gasteiger partial charge in [0.15, 0.2) is 0 Å². The van der Waals surface area contributed by atoms with Crippen LogP contribution in [0.25, 0.3) is 5.69 Å². The Morgan fingerprint density at radius 1 is 1.14 bits per heavy atom.